The molecule has 0 aromatic heterocycles. The van der Waals surface area contributed by atoms with Crippen LogP contribution in [0.5, 0.6) is 0 Å². The summed E-state index contributed by atoms with van der Waals surface area (Å²) >= 11 is 0. The second kappa shape index (κ2) is 11.5. The fourth-order valence-electron chi connectivity index (χ4n) is 5.25. The molecule has 1 heterocycles. The van der Waals surface area contributed by atoms with Crippen molar-refractivity contribution in [1.82, 2.24) is 15.1 Å². The fraction of sp³-hybridized carbons (Fsp3) is 0.429. The Bertz CT molecular complexity index is 1160. The normalized spacial score (nSPS) is 18.9. The van der Waals surface area contributed by atoms with Crippen LogP contribution < -0.4 is 5.32 Å². The minimum atomic E-state index is -1.21. The first-order chi connectivity index (χ1) is 17.7. The Kier molecular flexibility index (Phi) is 8.21. The van der Waals surface area contributed by atoms with E-state index in [2.05, 4.69) is 5.32 Å². The van der Waals surface area contributed by atoms with Crippen molar-refractivity contribution in [2.24, 2.45) is 5.92 Å². The SMILES string of the molecule is Cc1cccc(C(=O)N2CCN(C(=O)C3CCCCC3)C2C(=O)NC(CC(=O)O)c2ccc(F)cc2)c1. The van der Waals surface area contributed by atoms with E-state index in [1.54, 1.807) is 18.2 Å². The summed E-state index contributed by atoms with van der Waals surface area (Å²) < 4.78 is 13.5. The molecular formula is C28H32FN3O5. The van der Waals surface area contributed by atoms with E-state index in [4.69, 9.17) is 0 Å². The number of hydrogen-bond donors (Lipinski definition) is 2. The van der Waals surface area contributed by atoms with Crippen LogP contribution in [0.2, 0.25) is 0 Å². The maximum absolute atomic E-state index is 13.7. The van der Waals surface area contributed by atoms with E-state index >= 15 is 0 Å². The lowest BCUT2D eigenvalue weighted by Gasteiger charge is -2.33. The van der Waals surface area contributed by atoms with Gasteiger partial charge in [-0.3, -0.25) is 19.2 Å². The number of benzene rings is 2. The predicted octanol–water partition coefficient (Wildman–Crippen LogP) is 3.66. The number of amides is 3. The molecule has 2 atom stereocenters. The Hall–Kier alpha value is -3.75. The molecule has 1 saturated heterocycles. The van der Waals surface area contributed by atoms with Gasteiger partial charge in [-0.05, 0) is 49.6 Å². The molecule has 2 fully saturated rings. The van der Waals surface area contributed by atoms with Crippen molar-refractivity contribution >= 4 is 23.7 Å². The lowest BCUT2D eigenvalue weighted by molar-refractivity contribution is -0.145. The summed E-state index contributed by atoms with van der Waals surface area (Å²) in [6.07, 6.45) is 2.79. The third kappa shape index (κ3) is 6.15. The van der Waals surface area contributed by atoms with E-state index in [0.29, 0.717) is 11.1 Å². The molecule has 1 aliphatic carbocycles. The predicted molar refractivity (Wildman–Crippen MR) is 134 cm³/mol. The van der Waals surface area contributed by atoms with Gasteiger partial charge in [-0.1, -0.05) is 49.1 Å². The van der Waals surface area contributed by atoms with Crippen LogP contribution in [0.1, 0.15) is 66.1 Å². The van der Waals surface area contributed by atoms with E-state index in [0.717, 1.165) is 37.7 Å². The van der Waals surface area contributed by atoms with Crippen LogP contribution >= 0.6 is 0 Å². The molecule has 1 saturated carbocycles. The van der Waals surface area contributed by atoms with Gasteiger partial charge < -0.3 is 20.2 Å². The lowest BCUT2D eigenvalue weighted by atomic mass is 9.88. The van der Waals surface area contributed by atoms with Gasteiger partial charge in [0.05, 0.1) is 12.5 Å². The molecule has 2 aromatic rings. The minimum Gasteiger partial charge on any atom is -0.481 e. The molecule has 0 bridgehead atoms. The van der Waals surface area contributed by atoms with Gasteiger partial charge in [-0.15, -0.1) is 0 Å². The average Bonchev–Trinajstić information content (AvgIpc) is 3.33. The number of carboxylic acids is 1. The number of nitrogens with one attached hydrogen (secondary N) is 1. The minimum absolute atomic E-state index is 0.157. The van der Waals surface area contributed by atoms with Gasteiger partial charge in [0.25, 0.3) is 11.8 Å². The van der Waals surface area contributed by atoms with Crippen molar-refractivity contribution in [3.8, 4) is 0 Å². The molecule has 2 unspecified atom stereocenters. The van der Waals surface area contributed by atoms with Crippen molar-refractivity contribution in [3.05, 3.63) is 71.0 Å². The highest BCUT2D eigenvalue weighted by molar-refractivity contribution is 5.99. The van der Waals surface area contributed by atoms with Crippen LogP contribution in [0.25, 0.3) is 0 Å². The highest BCUT2D eigenvalue weighted by Gasteiger charge is 2.45. The van der Waals surface area contributed by atoms with Crippen LogP contribution in [0, 0.1) is 18.7 Å². The molecule has 9 heteroatoms. The van der Waals surface area contributed by atoms with Crippen molar-refractivity contribution in [2.75, 3.05) is 13.1 Å². The van der Waals surface area contributed by atoms with E-state index in [9.17, 15) is 28.7 Å². The Labute approximate surface area is 215 Å². The van der Waals surface area contributed by atoms with Crippen LogP contribution in [0.3, 0.4) is 0 Å². The summed E-state index contributed by atoms with van der Waals surface area (Å²) in [5.41, 5.74) is 1.71. The molecule has 2 aromatic carbocycles. The quantitative estimate of drug-likeness (QED) is 0.593. The number of aliphatic carboxylic acids is 1. The molecule has 3 amide bonds. The first kappa shape index (κ1) is 26.3. The smallest absolute Gasteiger partial charge is 0.305 e. The summed E-state index contributed by atoms with van der Waals surface area (Å²) in [7, 11) is 0. The zero-order chi connectivity index (χ0) is 26.5. The Balaban J connectivity index is 1.64. The second-order valence-corrected chi connectivity index (χ2v) is 9.82. The third-order valence-corrected chi connectivity index (χ3v) is 7.14. The van der Waals surface area contributed by atoms with Gasteiger partial charge in [0, 0.05) is 24.6 Å². The molecule has 1 aliphatic heterocycles. The van der Waals surface area contributed by atoms with Gasteiger partial charge >= 0.3 is 5.97 Å². The Morgan fingerprint density at radius 1 is 1.00 bits per heavy atom. The topological polar surface area (TPSA) is 107 Å². The van der Waals surface area contributed by atoms with E-state index in [1.165, 1.54) is 34.1 Å². The van der Waals surface area contributed by atoms with Crippen LogP contribution in [-0.4, -0.2) is 57.9 Å². The number of hydrogen-bond acceptors (Lipinski definition) is 4. The highest BCUT2D eigenvalue weighted by atomic mass is 19.1. The molecule has 37 heavy (non-hydrogen) atoms. The Morgan fingerprint density at radius 2 is 1.68 bits per heavy atom. The molecule has 0 radical (unpaired) electrons. The van der Waals surface area contributed by atoms with Gasteiger partial charge in [0.1, 0.15) is 5.82 Å². The van der Waals surface area contributed by atoms with Crippen molar-refractivity contribution in [3.63, 3.8) is 0 Å². The van der Waals surface area contributed by atoms with Crippen molar-refractivity contribution in [1.29, 1.82) is 0 Å². The summed E-state index contributed by atoms with van der Waals surface area (Å²) in [6.45, 7) is 2.26. The standard InChI is InChI=1S/C28H32FN3O5/c1-18-6-5-9-21(16-18)28(37)32-15-14-31(27(36)20-7-3-2-4-8-20)26(32)25(35)30-23(17-24(33)34)19-10-12-22(29)13-11-19/h5-6,9-13,16,20,23,26H,2-4,7-8,14-15,17H2,1H3,(H,30,35)(H,33,34). The number of halogens is 1. The van der Waals surface area contributed by atoms with Gasteiger partial charge in [-0.2, -0.15) is 0 Å². The summed E-state index contributed by atoms with van der Waals surface area (Å²) in [5, 5.41) is 12.2. The number of carboxylic acid groups (broad SMARTS) is 1. The molecule has 0 spiro atoms. The molecule has 196 valence electrons. The molecule has 2 N–H and O–H groups in total. The summed E-state index contributed by atoms with van der Waals surface area (Å²) in [4.78, 5) is 55.2. The van der Waals surface area contributed by atoms with E-state index < -0.39 is 36.3 Å². The number of carbonyl (C=O) groups excluding carboxylic acids is 3. The van der Waals surface area contributed by atoms with E-state index in [1.807, 2.05) is 13.0 Å². The first-order valence-electron chi connectivity index (χ1n) is 12.7. The van der Waals surface area contributed by atoms with Crippen LogP contribution in [0.15, 0.2) is 48.5 Å². The lowest BCUT2D eigenvalue weighted by Crippen LogP contribution is -2.55. The molecule has 4 rings (SSSR count). The first-order valence-corrected chi connectivity index (χ1v) is 12.7. The summed E-state index contributed by atoms with van der Waals surface area (Å²) in [6, 6.07) is 11.3. The van der Waals surface area contributed by atoms with Crippen molar-refractivity contribution < 1.29 is 28.7 Å². The fourth-order valence-corrected chi connectivity index (χ4v) is 5.25. The monoisotopic (exact) mass is 509 g/mol. The maximum Gasteiger partial charge on any atom is 0.305 e. The van der Waals surface area contributed by atoms with Gasteiger partial charge in [0.2, 0.25) is 5.91 Å². The number of aryl methyl sites for hydroxylation is 1. The molecule has 2 aliphatic rings. The van der Waals surface area contributed by atoms with Gasteiger partial charge in [-0.25, -0.2) is 4.39 Å². The number of rotatable bonds is 7. The van der Waals surface area contributed by atoms with Crippen LogP contribution in [0.4, 0.5) is 4.39 Å². The van der Waals surface area contributed by atoms with E-state index in [-0.39, 0.29) is 30.8 Å². The number of nitrogens with zero attached hydrogens (tertiary/aromatic N) is 2. The largest absolute Gasteiger partial charge is 0.481 e. The van der Waals surface area contributed by atoms with Crippen molar-refractivity contribution in [2.45, 2.75) is 57.7 Å². The Morgan fingerprint density at radius 3 is 2.32 bits per heavy atom. The summed E-state index contributed by atoms with van der Waals surface area (Å²) in [5.74, 6) is -3.01. The maximum atomic E-state index is 13.7. The highest BCUT2D eigenvalue weighted by Crippen LogP contribution is 2.29. The zero-order valence-electron chi connectivity index (χ0n) is 20.9. The third-order valence-electron chi connectivity index (χ3n) is 7.14. The number of carbonyl (C=O) groups is 4. The average molecular weight is 510 g/mol. The molecule has 8 nitrogen and oxygen atoms in total. The van der Waals surface area contributed by atoms with Crippen LogP contribution in [-0.2, 0) is 14.4 Å². The van der Waals surface area contributed by atoms with Gasteiger partial charge in [0.15, 0.2) is 6.17 Å². The second-order valence-electron chi connectivity index (χ2n) is 9.82. The molecular weight excluding hydrogens is 477 g/mol. The zero-order valence-corrected chi connectivity index (χ0v) is 20.9.